The fraction of sp³-hybridized carbons (Fsp3) is 0.562. The van der Waals surface area contributed by atoms with Gasteiger partial charge in [0.1, 0.15) is 11.9 Å². The van der Waals surface area contributed by atoms with Crippen LogP contribution in [-0.4, -0.2) is 25.3 Å². The third-order valence-electron chi connectivity index (χ3n) is 3.81. The largest absolute Gasteiger partial charge is 0.384 e. The molecule has 0 saturated heterocycles. The van der Waals surface area contributed by atoms with E-state index in [1.54, 1.807) is 6.07 Å². The zero-order valence-electron chi connectivity index (χ0n) is 12.1. The second-order valence-corrected chi connectivity index (χ2v) is 5.49. The van der Waals surface area contributed by atoms with Crippen LogP contribution in [0.4, 0.5) is 10.1 Å². The molecule has 1 fully saturated rings. The summed E-state index contributed by atoms with van der Waals surface area (Å²) in [6.07, 6.45) is 5.38. The van der Waals surface area contributed by atoms with Gasteiger partial charge in [-0.05, 0) is 50.3 Å². The highest BCUT2D eigenvalue weighted by Crippen LogP contribution is 2.20. The van der Waals surface area contributed by atoms with E-state index in [-0.39, 0.29) is 0 Å². The summed E-state index contributed by atoms with van der Waals surface area (Å²) in [7, 11) is 0. The van der Waals surface area contributed by atoms with Gasteiger partial charge in [-0.25, -0.2) is 4.39 Å². The van der Waals surface area contributed by atoms with E-state index in [0.29, 0.717) is 36.5 Å². The molecule has 0 amide bonds. The summed E-state index contributed by atoms with van der Waals surface area (Å²) in [6.45, 7) is 1.39. The molecule has 0 atom stereocenters. The molecule has 0 aromatic heterocycles. The van der Waals surface area contributed by atoms with Gasteiger partial charge in [-0.2, -0.15) is 5.26 Å². The number of benzene rings is 1. The van der Waals surface area contributed by atoms with E-state index in [2.05, 4.69) is 5.32 Å². The molecule has 3 N–H and O–H groups in total. The van der Waals surface area contributed by atoms with E-state index in [1.807, 2.05) is 6.07 Å². The summed E-state index contributed by atoms with van der Waals surface area (Å²) >= 11 is 0. The van der Waals surface area contributed by atoms with Gasteiger partial charge in [-0.1, -0.05) is 0 Å². The predicted octanol–water partition coefficient (Wildman–Crippen LogP) is 2.79. The Kier molecular flexibility index (Phi) is 5.97. The van der Waals surface area contributed by atoms with E-state index in [4.69, 9.17) is 15.7 Å². The van der Waals surface area contributed by atoms with Crippen LogP contribution in [0.5, 0.6) is 0 Å². The number of halogens is 1. The monoisotopic (exact) mass is 291 g/mol. The summed E-state index contributed by atoms with van der Waals surface area (Å²) in [6, 6.07) is 6.52. The molecule has 0 aliphatic heterocycles. The number of nitriles is 1. The lowest BCUT2D eigenvalue weighted by Gasteiger charge is -2.26. The molecule has 1 aliphatic rings. The van der Waals surface area contributed by atoms with Crippen molar-refractivity contribution in [1.29, 1.82) is 5.26 Å². The Hall–Kier alpha value is -1.64. The van der Waals surface area contributed by atoms with Gasteiger partial charge in [-0.3, -0.25) is 0 Å². The molecule has 0 bridgehead atoms. The first-order valence-corrected chi connectivity index (χ1v) is 7.49. The van der Waals surface area contributed by atoms with Gasteiger partial charge in [0.05, 0.1) is 17.4 Å². The van der Waals surface area contributed by atoms with Crippen LogP contribution in [0.15, 0.2) is 18.2 Å². The van der Waals surface area contributed by atoms with Crippen molar-refractivity contribution < 1.29 is 9.13 Å². The number of nitrogens with zero attached hydrogens (tertiary/aromatic N) is 1. The van der Waals surface area contributed by atoms with Crippen molar-refractivity contribution in [2.24, 2.45) is 5.73 Å². The fourth-order valence-electron chi connectivity index (χ4n) is 2.56. The fourth-order valence-corrected chi connectivity index (χ4v) is 2.56. The minimum atomic E-state index is -0.393. The third kappa shape index (κ3) is 5.00. The van der Waals surface area contributed by atoms with Crippen molar-refractivity contribution in [3.8, 4) is 6.07 Å². The van der Waals surface area contributed by atoms with Gasteiger partial charge in [-0.15, -0.1) is 0 Å². The lowest BCUT2D eigenvalue weighted by molar-refractivity contribution is 0.0251. The maximum Gasteiger partial charge on any atom is 0.124 e. The summed E-state index contributed by atoms with van der Waals surface area (Å²) in [4.78, 5) is 0. The van der Waals surface area contributed by atoms with Crippen molar-refractivity contribution in [2.75, 3.05) is 18.5 Å². The number of hydrogen-bond acceptors (Lipinski definition) is 4. The van der Waals surface area contributed by atoms with Crippen molar-refractivity contribution in [3.05, 3.63) is 29.6 Å². The van der Waals surface area contributed by atoms with E-state index in [9.17, 15) is 4.39 Å². The lowest BCUT2D eigenvalue weighted by Crippen LogP contribution is -2.30. The molecule has 2 rings (SSSR count). The van der Waals surface area contributed by atoms with E-state index in [1.165, 1.54) is 12.1 Å². The Morgan fingerprint density at radius 1 is 1.33 bits per heavy atom. The zero-order valence-corrected chi connectivity index (χ0v) is 12.1. The third-order valence-corrected chi connectivity index (χ3v) is 3.81. The maximum atomic E-state index is 13.0. The molecule has 0 unspecified atom stereocenters. The average Bonchev–Trinajstić information content (AvgIpc) is 2.50. The van der Waals surface area contributed by atoms with Crippen molar-refractivity contribution in [3.63, 3.8) is 0 Å². The molecule has 4 nitrogen and oxygen atoms in total. The van der Waals surface area contributed by atoms with Gasteiger partial charge < -0.3 is 15.8 Å². The lowest BCUT2D eigenvalue weighted by atomic mass is 9.94. The van der Waals surface area contributed by atoms with Gasteiger partial charge in [0.15, 0.2) is 0 Å². The molecule has 21 heavy (non-hydrogen) atoms. The van der Waals surface area contributed by atoms with E-state index in [0.717, 1.165) is 32.1 Å². The molecule has 1 aromatic carbocycles. The number of hydrogen-bond donors (Lipinski definition) is 2. The summed E-state index contributed by atoms with van der Waals surface area (Å²) in [5.74, 6) is -0.393. The average molecular weight is 291 g/mol. The first-order chi connectivity index (χ1) is 10.2. The van der Waals surface area contributed by atoms with E-state index >= 15 is 0 Å². The van der Waals surface area contributed by atoms with Crippen LogP contribution in [0.3, 0.4) is 0 Å². The normalized spacial score (nSPS) is 21.8. The van der Waals surface area contributed by atoms with Gasteiger partial charge in [0, 0.05) is 19.2 Å². The molecule has 114 valence electrons. The molecule has 1 aromatic rings. The Morgan fingerprint density at radius 2 is 2.10 bits per heavy atom. The van der Waals surface area contributed by atoms with E-state index < -0.39 is 5.82 Å². The number of anilines is 1. The molecular weight excluding hydrogens is 269 g/mol. The first-order valence-electron chi connectivity index (χ1n) is 7.49. The van der Waals surface area contributed by atoms with Gasteiger partial charge in [0.25, 0.3) is 0 Å². The van der Waals surface area contributed by atoms with Crippen LogP contribution >= 0.6 is 0 Å². The minimum absolute atomic E-state index is 0.331. The highest BCUT2D eigenvalue weighted by Gasteiger charge is 2.18. The number of rotatable bonds is 6. The van der Waals surface area contributed by atoms with Crippen molar-refractivity contribution in [2.45, 2.75) is 44.2 Å². The standard InChI is InChI=1S/C16H22FN3O/c17-13-2-7-16(12(10-13)11-18)20-8-1-9-21-15-5-3-14(19)4-6-15/h2,7,10,14-15,20H,1,3-6,8-9,19H2. The Balaban J connectivity index is 1.65. The zero-order chi connectivity index (χ0) is 15.1. The summed E-state index contributed by atoms with van der Waals surface area (Å²) < 4.78 is 18.8. The molecule has 0 radical (unpaired) electrons. The number of nitrogens with two attached hydrogens (primary N) is 1. The first kappa shape index (κ1) is 15.7. The Morgan fingerprint density at radius 3 is 2.81 bits per heavy atom. The topological polar surface area (TPSA) is 71.1 Å². The molecule has 1 aliphatic carbocycles. The van der Waals surface area contributed by atoms with Crippen LogP contribution < -0.4 is 11.1 Å². The second kappa shape index (κ2) is 7.96. The van der Waals surface area contributed by atoms with Crippen LogP contribution in [0.1, 0.15) is 37.7 Å². The molecule has 0 heterocycles. The van der Waals surface area contributed by atoms with Crippen LogP contribution in [-0.2, 0) is 4.74 Å². The number of ether oxygens (including phenoxy) is 1. The van der Waals surface area contributed by atoms with Crippen LogP contribution in [0.2, 0.25) is 0 Å². The van der Waals surface area contributed by atoms with Gasteiger partial charge >= 0.3 is 0 Å². The van der Waals surface area contributed by atoms with Crippen molar-refractivity contribution in [1.82, 2.24) is 0 Å². The summed E-state index contributed by atoms with van der Waals surface area (Å²) in [5, 5.41) is 12.1. The molecular formula is C16H22FN3O. The Bertz CT molecular complexity index is 493. The highest BCUT2D eigenvalue weighted by molar-refractivity contribution is 5.57. The summed E-state index contributed by atoms with van der Waals surface area (Å²) in [5.41, 5.74) is 6.86. The predicted molar refractivity (Wildman–Crippen MR) is 80.4 cm³/mol. The maximum absolute atomic E-state index is 13.0. The van der Waals surface area contributed by atoms with Crippen molar-refractivity contribution >= 4 is 5.69 Å². The Labute approximate surface area is 125 Å². The highest BCUT2D eigenvalue weighted by atomic mass is 19.1. The number of nitrogens with one attached hydrogen (secondary N) is 1. The van der Waals surface area contributed by atoms with Gasteiger partial charge in [0.2, 0.25) is 0 Å². The molecule has 0 spiro atoms. The minimum Gasteiger partial charge on any atom is -0.384 e. The molecule has 1 saturated carbocycles. The quantitative estimate of drug-likeness (QED) is 0.791. The van der Waals surface area contributed by atoms with Crippen LogP contribution in [0, 0.1) is 17.1 Å². The smallest absolute Gasteiger partial charge is 0.124 e. The van der Waals surface area contributed by atoms with Crippen LogP contribution in [0.25, 0.3) is 0 Å². The SMILES string of the molecule is N#Cc1cc(F)ccc1NCCCOC1CCC(N)CC1. The second-order valence-electron chi connectivity index (χ2n) is 5.49. The molecule has 5 heteroatoms.